The van der Waals surface area contributed by atoms with Gasteiger partial charge in [0.1, 0.15) is 18.2 Å². The van der Waals surface area contributed by atoms with E-state index in [1.807, 2.05) is 13.0 Å². The molecular formula is C15H18FNO3. The van der Waals surface area contributed by atoms with E-state index in [0.717, 1.165) is 17.0 Å². The molecule has 0 saturated carbocycles. The van der Waals surface area contributed by atoms with E-state index in [4.69, 9.17) is 9.15 Å². The molecule has 0 bridgehead atoms. The number of furan rings is 1. The van der Waals surface area contributed by atoms with Crippen molar-refractivity contribution in [2.24, 2.45) is 0 Å². The topological polar surface area (TPSA) is 54.6 Å². The summed E-state index contributed by atoms with van der Waals surface area (Å²) in [5, 5.41) is 12.9. The van der Waals surface area contributed by atoms with Crippen molar-refractivity contribution in [1.29, 1.82) is 0 Å². The number of hydrogen-bond donors (Lipinski definition) is 2. The average Bonchev–Trinajstić information content (AvgIpc) is 2.91. The molecule has 0 amide bonds. The summed E-state index contributed by atoms with van der Waals surface area (Å²) in [5.74, 6) is 0.454. The van der Waals surface area contributed by atoms with Crippen LogP contribution < -0.4 is 5.32 Å². The standard InChI is InChI=1S/C15H18FNO3/c1-11-7-12(16)4-5-15(11)17-8-13(18)9-19-10-14-3-2-6-20-14/h2-7,13,17-18H,8-10H2,1H3. The minimum absolute atomic E-state index is 0.202. The normalized spacial score (nSPS) is 12.3. The van der Waals surface area contributed by atoms with Crippen LogP contribution in [0, 0.1) is 12.7 Å². The molecule has 0 aliphatic rings. The molecule has 0 spiro atoms. The smallest absolute Gasteiger partial charge is 0.129 e. The summed E-state index contributed by atoms with van der Waals surface area (Å²) in [7, 11) is 0. The fraction of sp³-hybridized carbons (Fsp3) is 0.333. The molecular weight excluding hydrogens is 261 g/mol. The first-order valence-electron chi connectivity index (χ1n) is 6.43. The van der Waals surface area contributed by atoms with Crippen LogP contribution in [0.3, 0.4) is 0 Å². The van der Waals surface area contributed by atoms with Crippen molar-refractivity contribution in [1.82, 2.24) is 0 Å². The average molecular weight is 279 g/mol. The van der Waals surface area contributed by atoms with Crippen molar-refractivity contribution in [2.75, 3.05) is 18.5 Å². The van der Waals surface area contributed by atoms with Crippen LogP contribution in [0.5, 0.6) is 0 Å². The molecule has 2 N–H and O–H groups in total. The van der Waals surface area contributed by atoms with Gasteiger partial charge in [0, 0.05) is 12.2 Å². The first-order chi connectivity index (χ1) is 9.65. The van der Waals surface area contributed by atoms with Gasteiger partial charge in [-0.15, -0.1) is 0 Å². The highest BCUT2D eigenvalue weighted by atomic mass is 19.1. The Morgan fingerprint density at radius 2 is 2.25 bits per heavy atom. The fourth-order valence-electron chi connectivity index (χ4n) is 1.80. The molecule has 0 saturated heterocycles. The highest BCUT2D eigenvalue weighted by molar-refractivity contribution is 5.50. The number of nitrogens with one attached hydrogen (secondary N) is 1. The summed E-state index contributed by atoms with van der Waals surface area (Å²) >= 11 is 0. The Hall–Kier alpha value is -1.85. The van der Waals surface area contributed by atoms with Gasteiger partial charge in [0.15, 0.2) is 0 Å². The van der Waals surface area contributed by atoms with E-state index >= 15 is 0 Å². The molecule has 5 heteroatoms. The van der Waals surface area contributed by atoms with Crippen LogP contribution in [0.4, 0.5) is 10.1 Å². The summed E-state index contributed by atoms with van der Waals surface area (Å²) in [5.41, 5.74) is 1.60. The van der Waals surface area contributed by atoms with Crippen molar-refractivity contribution < 1.29 is 18.7 Å². The molecule has 1 unspecified atom stereocenters. The zero-order valence-electron chi connectivity index (χ0n) is 11.3. The monoisotopic (exact) mass is 279 g/mol. The Morgan fingerprint density at radius 3 is 2.95 bits per heavy atom. The van der Waals surface area contributed by atoms with Crippen LogP contribution in [0.25, 0.3) is 0 Å². The van der Waals surface area contributed by atoms with E-state index in [1.165, 1.54) is 12.1 Å². The number of aliphatic hydroxyl groups is 1. The van der Waals surface area contributed by atoms with Crippen molar-refractivity contribution in [3.05, 3.63) is 53.7 Å². The molecule has 0 aliphatic carbocycles. The minimum atomic E-state index is -0.644. The largest absolute Gasteiger partial charge is 0.467 e. The van der Waals surface area contributed by atoms with Crippen LogP contribution in [-0.4, -0.2) is 24.4 Å². The molecule has 1 heterocycles. The number of halogens is 1. The van der Waals surface area contributed by atoms with Crippen LogP contribution >= 0.6 is 0 Å². The summed E-state index contributed by atoms with van der Waals surface area (Å²) in [6, 6.07) is 8.08. The number of rotatable bonds is 7. The number of hydrogen-bond acceptors (Lipinski definition) is 4. The summed E-state index contributed by atoms with van der Waals surface area (Å²) < 4.78 is 23.4. The van der Waals surface area contributed by atoms with E-state index in [-0.39, 0.29) is 12.4 Å². The molecule has 0 aliphatic heterocycles. The summed E-state index contributed by atoms with van der Waals surface area (Å²) in [4.78, 5) is 0. The molecule has 108 valence electrons. The van der Waals surface area contributed by atoms with Crippen molar-refractivity contribution in [3.8, 4) is 0 Å². The first kappa shape index (κ1) is 14.6. The van der Waals surface area contributed by atoms with Gasteiger partial charge in [-0.25, -0.2) is 4.39 Å². The zero-order valence-corrected chi connectivity index (χ0v) is 11.3. The maximum absolute atomic E-state index is 12.9. The lowest BCUT2D eigenvalue weighted by atomic mass is 10.2. The number of anilines is 1. The number of benzene rings is 1. The maximum Gasteiger partial charge on any atom is 0.129 e. The van der Waals surface area contributed by atoms with Crippen molar-refractivity contribution >= 4 is 5.69 Å². The molecule has 20 heavy (non-hydrogen) atoms. The van der Waals surface area contributed by atoms with E-state index in [0.29, 0.717) is 13.2 Å². The lowest BCUT2D eigenvalue weighted by Gasteiger charge is -2.14. The zero-order chi connectivity index (χ0) is 14.4. The lowest BCUT2D eigenvalue weighted by molar-refractivity contribution is 0.0282. The fourth-order valence-corrected chi connectivity index (χ4v) is 1.80. The molecule has 4 nitrogen and oxygen atoms in total. The molecule has 1 atom stereocenters. The second-order valence-electron chi connectivity index (χ2n) is 4.59. The molecule has 1 aromatic carbocycles. The third-order valence-corrected chi connectivity index (χ3v) is 2.85. The second-order valence-corrected chi connectivity index (χ2v) is 4.59. The van der Waals surface area contributed by atoms with Crippen LogP contribution in [0.1, 0.15) is 11.3 Å². The van der Waals surface area contributed by atoms with Crippen LogP contribution in [0.15, 0.2) is 41.0 Å². The number of aliphatic hydroxyl groups excluding tert-OH is 1. The Labute approximate surface area is 117 Å². The van der Waals surface area contributed by atoms with Gasteiger partial charge in [0.25, 0.3) is 0 Å². The van der Waals surface area contributed by atoms with E-state index in [2.05, 4.69) is 5.32 Å². The third-order valence-electron chi connectivity index (χ3n) is 2.85. The van der Waals surface area contributed by atoms with Crippen molar-refractivity contribution in [2.45, 2.75) is 19.6 Å². The van der Waals surface area contributed by atoms with Gasteiger partial charge in [-0.05, 0) is 42.8 Å². The second kappa shape index (κ2) is 7.07. The third kappa shape index (κ3) is 4.36. The van der Waals surface area contributed by atoms with Gasteiger partial charge >= 0.3 is 0 Å². The van der Waals surface area contributed by atoms with E-state index < -0.39 is 6.10 Å². The number of ether oxygens (including phenoxy) is 1. The lowest BCUT2D eigenvalue weighted by Crippen LogP contribution is -2.25. The Kier molecular flexibility index (Phi) is 5.15. The van der Waals surface area contributed by atoms with Gasteiger partial charge in [-0.2, -0.15) is 0 Å². The van der Waals surface area contributed by atoms with E-state index in [1.54, 1.807) is 18.4 Å². The molecule has 0 fully saturated rings. The molecule has 0 radical (unpaired) electrons. The maximum atomic E-state index is 12.9. The predicted octanol–water partition coefficient (Wildman–Crippen LogP) is 2.72. The SMILES string of the molecule is Cc1cc(F)ccc1NCC(O)COCc1ccco1. The predicted molar refractivity (Wildman–Crippen MR) is 74.0 cm³/mol. The Balaban J connectivity index is 1.70. The highest BCUT2D eigenvalue weighted by Crippen LogP contribution is 2.15. The van der Waals surface area contributed by atoms with Gasteiger partial charge in [-0.3, -0.25) is 0 Å². The molecule has 2 aromatic rings. The van der Waals surface area contributed by atoms with Crippen LogP contribution in [0.2, 0.25) is 0 Å². The Bertz CT molecular complexity index is 528. The summed E-state index contributed by atoms with van der Waals surface area (Å²) in [6.07, 6.45) is 0.933. The van der Waals surface area contributed by atoms with Crippen molar-refractivity contribution in [3.63, 3.8) is 0 Å². The van der Waals surface area contributed by atoms with Gasteiger partial charge in [0.2, 0.25) is 0 Å². The van der Waals surface area contributed by atoms with Gasteiger partial charge < -0.3 is 19.6 Å². The Morgan fingerprint density at radius 1 is 1.40 bits per heavy atom. The quantitative estimate of drug-likeness (QED) is 0.818. The first-order valence-corrected chi connectivity index (χ1v) is 6.43. The van der Waals surface area contributed by atoms with Gasteiger partial charge in [0.05, 0.1) is 19.0 Å². The summed E-state index contributed by atoms with van der Waals surface area (Å²) in [6.45, 7) is 2.68. The highest BCUT2D eigenvalue weighted by Gasteiger charge is 2.06. The van der Waals surface area contributed by atoms with Crippen LogP contribution in [-0.2, 0) is 11.3 Å². The minimum Gasteiger partial charge on any atom is -0.467 e. The molecule has 2 rings (SSSR count). The van der Waals surface area contributed by atoms with Gasteiger partial charge in [-0.1, -0.05) is 0 Å². The number of aryl methyl sites for hydroxylation is 1. The van der Waals surface area contributed by atoms with E-state index in [9.17, 15) is 9.50 Å². The molecule has 1 aromatic heterocycles.